The maximum Gasteiger partial charge on any atom is 0.265 e. The lowest BCUT2D eigenvalue weighted by atomic mass is 10.1. The van der Waals surface area contributed by atoms with Crippen LogP contribution in [-0.2, 0) is 9.59 Å². The smallest absolute Gasteiger partial charge is 0.265 e. The third-order valence-electron chi connectivity index (χ3n) is 3.54. The Kier molecular flexibility index (Phi) is 4.93. The van der Waals surface area contributed by atoms with Gasteiger partial charge in [0.2, 0.25) is 0 Å². The van der Waals surface area contributed by atoms with Gasteiger partial charge in [-0.05, 0) is 43.5 Å². The third kappa shape index (κ3) is 2.98. The molecule has 24 heavy (non-hydrogen) atoms. The van der Waals surface area contributed by atoms with Crippen molar-refractivity contribution in [3.05, 3.63) is 39.4 Å². The van der Waals surface area contributed by atoms with E-state index in [1.54, 1.807) is 13.8 Å². The minimum absolute atomic E-state index is 0.132. The average Bonchev–Trinajstić information content (AvgIpc) is 2.53. The molecule has 8 nitrogen and oxygen atoms in total. The molecular formula is C15H14N3O5S-. The lowest BCUT2D eigenvalue weighted by Gasteiger charge is -2.35. The van der Waals surface area contributed by atoms with Gasteiger partial charge in [-0.15, -0.1) is 0 Å². The summed E-state index contributed by atoms with van der Waals surface area (Å²) in [6, 6.07) is 3.39. The highest BCUT2D eigenvalue weighted by Crippen LogP contribution is 2.26. The summed E-state index contributed by atoms with van der Waals surface area (Å²) in [4.78, 5) is 37.5. The molecule has 2 amide bonds. The molecule has 0 aliphatic carbocycles. The van der Waals surface area contributed by atoms with Crippen LogP contribution in [0.2, 0.25) is 0 Å². The molecule has 0 radical (unpaired) electrons. The van der Waals surface area contributed by atoms with Crippen molar-refractivity contribution in [1.29, 1.82) is 0 Å². The first-order chi connectivity index (χ1) is 11.3. The van der Waals surface area contributed by atoms with Gasteiger partial charge in [-0.3, -0.25) is 29.5 Å². The Morgan fingerprint density at radius 1 is 1.17 bits per heavy atom. The monoisotopic (exact) mass is 348 g/mol. The predicted molar refractivity (Wildman–Crippen MR) is 87.9 cm³/mol. The summed E-state index contributed by atoms with van der Waals surface area (Å²) in [7, 11) is 0. The molecule has 0 aromatic heterocycles. The van der Waals surface area contributed by atoms with Gasteiger partial charge in [-0.2, -0.15) is 0 Å². The van der Waals surface area contributed by atoms with Crippen molar-refractivity contribution >= 4 is 40.9 Å². The van der Waals surface area contributed by atoms with Crippen molar-refractivity contribution in [3.8, 4) is 5.75 Å². The Bertz CT molecular complexity index is 746. The number of hydrogen-bond donors (Lipinski definition) is 0. The number of nitrogens with zero attached hydrogens (tertiary/aromatic N) is 3. The summed E-state index contributed by atoms with van der Waals surface area (Å²) in [6.07, 6.45) is 1.24. The van der Waals surface area contributed by atoms with Crippen molar-refractivity contribution in [2.45, 2.75) is 13.8 Å². The van der Waals surface area contributed by atoms with Crippen LogP contribution >= 0.6 is 12.2 Å². The summed E-state index contributed by atoms with van der Waals surface area (Å²) in [5, 5.41) is 22.4. The summed E-state index contributed by atoms with van der Waals surface area (Å²) in [6.45, 7) is 4.03. The van der Waals surface area contributed by atoms with Crippen LogP contribution in [-0.4, -0.2) is 44.7 Å². The van der Waals surface area contributed by atoms with Crippen LogP contribution < -0.4 is 5.11 Å². The minimum Gasteiger partial charge on any atom is -0.868 e. The van der Waals surface area contributed by atoms with Crippen LogP contribution in [0.4, 0.5) is 5.69 Å². The summed E-state index contributed by atoms with van der Waals surface area (Å²) >= 11 is 5.14. The number of nitro groups is 1. The molecule has 0 atom stereocenters. The number of nitro benzene ring substituents is 1. The van der Waals surface area contributed by atoms with E-state index in [1.165, 1.54) is 21.9 Å². The van der Waals surface area contributed by atoms with Crippen LogP contribution in [0, 0.1) is 10.1 Å². The van der Waals surface area contributed by atoms with E-state index in [1.807, 2.05) is 0 Å². The quantitative estimate of drug-likeness (QED) is 0.265. The van der Waals surface area contributed by atoms with Crippen LogP contribution in [0.3, 0.4) is 0 Å². The van der Waals surface area contributed by atoms with Gasteiger partial charge < -0.3 is 5.11 Å². The molecule has 0 saturated carbocycles. The van der Waals surface area contributed by atoms with Crippen LogP contribution in [0.5, 0.6) is 5.75 Å². The summed E-state index contributed by atoms with van der Waals surface area (Å²) in [5.41, 5.74) is -0.548. The van der Waals surface area contributed by atoms with E-state index >= 15 is 0 Å². The first kappa shape index (κ1) is 17.5. The van der Waals surface area contributed by atoms with Gasteiger partial charge in [0.15, 0.2) is 5.11 Å². The van der Waals surface area contributed by atoms with Crippen molar-refractivity contribution < 1.29 is 19.6 Å². The van der Waals surface area contributed by atoms with E-state index in [-0.39, 0.29) is 16.2 Å². The maximum atomic E-state index is 12.5. The number of thiocarbonyl (C=S) groups is 1. The van der Waals surface area contributed by atoms with E-state index < -0.39 is 28.2 Å². The lowest BCUT2D eigenvalue weighted by molar-refractivity contribution is -0.398. The normalized spacial score (nSPS) is 15.1. The molecule has 1 heterocycles. The van der Waals surface area contributed by atoms with Gasteiger partial charge >= 0.3 is 0 Å². The van der Waals surface area contributed by atoms with E-state index in [0.29, 0.717) is 13.1 Å². The Balaban J connectivity index is 2.52. The molecule has 0 spiro atoms. The molecule has 1 aromatic carbocycles. The molecule has 0 unspecified atom stereocenters. The molecule has 0 bridgehead atoms. The highest BCUT2D eigenvalue weighted by molar-refractivity contribution is 7.80. The van der Waals surface area contributed by atoms with E-state index in [2.05, 4.69) is 0 Å². The van der Waals surface area contributed by atoms with Gasteiger partial charge in [0.25, 0.3) is 17.5 Å². The molecule has 2 rings (SSSR count). The van der Waals surface area contributed by atoms with Gasteiger partial charge in [-0.25, -0.2) is 0 Å². The number of amides is 2. The SMILES string of the molecule is CCN1C(=O)C(=Cc2ccc([O-])c([N+](=O)[O-])c2)C(=O)N(CC)C1=S. The fourth-order valence-corrected chi connectivity index (χ4v) is 2.74. The fraction of sp³-hybridized carbons (Fsp3) is 0.267. The Morgan fingerprint density at radius 2 is 1.71 bits per heavy atom. The summed E-state index contributed by atoms with van der Waals surface area (Å²) < 4.78 is 0. The number of likely N-dealkylation sites (N-methyl/N-ethyl adjacent to an activating group) is 2. The molecule has 1 saturated heterocycles. The second-order valence-electron chi connectivity index (χ2n) is 4.92. The maximum absolute atomic E-state index is 12.5. The van der Waals surface area contributed by atoms with E-state index in [9.17, 15) is 24.8 Å². The molecule has 1 aromatic rings. The van der Waals surface area contributed by atoms with E-state index in [4.69, 9.17) is 12.2 Å². The van der Waals surface area contributed by atoms with Crippen LogP contribution in [0.1, 0.15) is 19.4 Å². The van der Waals surface area contributed by atoms with Gasteiger partial charge in [-0.1, -0.05) is 12.1 Å². The largest absolute Gasteiger partial charge is 0.868 e. The van der Waals surface area contributed by atoms with Gasteiger partial charge in [0.1, 0.15) is 5.57 Å². The van der Waals surface area contributed by atoms with Crippen LogP contribution in [0.15, 0.2) is 23.8 Å². The number of rotatable bonds is 4. The van der Waals surface area contributed by atoms with Gasteiger partial charge in [0.05, 0.1) is 4.92 Å². The van der Waals surface area contributed by atoms with Gasteiger partial charge in [0, 0.05) is 19.2 Å². The average molecular weight is 348 g/mol. The molecule has 126 valence electrons. The lowest BCUT2D eigenvalue weighted by Crippen LogP contribution is -2.55. The molecule has 9 heteroatoms. The highest BCUT2D eigenvalue weighted by atomic mass is 32.1. The third-order valence-corrected chi connectivity index (χ3v) is 3.98. The minimum atomic E-state index is -0.805. The molecule has 1 aliphatic heterocycles. The Morgan fingerprint density at radius 3 is 2.17 bits per heavy atom. The number of hydrogen-bond acceptors (Lipinski definition) is 6. The molecular weight excluding hydrogens is 334 g/mol. The molecule has 0 N–H and O–H groups in total. The topological polar surface area (TPSA) is 107 Å². The number of benzene rings is 1. The second kappa shape index (κ2) is 6.75. The molecule has 1 aliphatic rings. The van der Waals surface area contributed by atoms with Crippen molar-refractivity contribution in [3.63, 3.8) is 0 Å². The highest BCUT2D eigenvalue weighted by Gasteiger charge is 2.37. The zero-order valence-corrected chi connectivity index (χ0v) is 13.8. The zero-order chi connectivity index (χ0) is 18.0. The molecule has 1 fully saturated rings. The summed E-state index contributed by atoms with van der Waals surface area (Å²) in [5.74, 6) is -1.87. The van der Waals surface area contributed by atoms with Crippen molar-refractivity contribution in [2.24, 2.45) is 0 Å². The zero-order valence-electron chi connectivity index (χ0n) is 13.0. The fourth-order valence-electron chi connectivity index (χ4n) is 2.32. The van der Waals surface area contributed by atoms with E-state index in [0.717, 1.165) is 12.1 Å². The second-order valence-corrected chi connectivity index (χ2v) is 5.29. The van der Waals surface area contributed by atoms with Crippen molar-refractivity contribution in [2.75, 3.05) is 13.1 Å². The van der Waals surface area contributed by atoms with Crippen molar-refractivity contribution in [1.82, 2.24) is 9.80 Å². The van der Waals surface area contributed by atoms with Crippen LogP contribution in [0.25, 0.3) is 6.08 Å². The Labute approximate surface area is 143 Å². The standard InChI is InChI=1S/C15H15N3O5S/c1-3-16-13(20)10(14(21)17(4-2)15(16)24)7-9-5-6-12(19)11(8-9)18(22)23/h5-8,19H,3-4H2,1-2H3/p-1. The Hall–Kier alpha value is -2.81. The first-order valence-corrected chi connectivity index (χ1v) is 7.57. The number of carbonyl (C=O) groups is 2. The first-order valence-electron chi connectivity index (χ1n) is 7.16. The predicted octanol–water partition coefficient (Wildman–Crippen LogP) is 1.05. The number of carbonyl (C=O) groups excluding carboxylic acids is 2.